The molecule has 1 aromatic carbocycles. The van der Waals surface area contributed by atoms with Crippen molar-refractivity contribution < 1.29 is 9.59 Å². The van der Waals surface area contributed by atoms with E-state index in [0.717, 1.165) is 53.1 Å². The molecular weight excluding hydrogens is 416 g/mol. The number of rotatable bonds is 2. The van der Waals surface area contributed by atoms with Gasteiger partial charge in [-0.25, -0.2) is 0 Å². The summed E-state index contributed by atoms with van der Waals surface area (Å²) in [6.07, 6.45) is 6.69. The Morgan fingerprint density at radius 2 is 1.81 bits per heavy atom. The van der Waals surface area contributed by atoms with Gasteiger partial charge in [-0.2, -0.15) is 5.26 Å². The predicted octanol–water partition coefficient (Wildman–Crippen LogP) is 6.05. The number of hydrogen-bond donors (Lipinski definition) is 0. The van der Waals surface area contributed by atoms with E-state index in [0.29, 0.717) is 18.4 Å². The van der Waals surface area contributed by atoms with Crippen LogP contribution in [0.25, 0.3) is 0 Å². The number of ketones is 1. The lowest BCUT2D eigenvalue weighted by Crippen LogP contribution is -2.43. The monoisotopic (exact) mass is 444 g/mol. The molecule has 1 unspecified atom stereocenters. The van der Waals surface area contributed by atoms with E-state index in [-0.39, 0.29) is 29.4 Å². The van der Waals surface area contributed by atoms with Gasteiger partial charge in [0.2, 0.25) is 5.91 Å². The Labute approximate surface area is 193 Å². The molecular formula is C27H28N2O2S. The summed E-state index contributed by atoms with van der Waals surface area (Å²) in [5.41, 5.74) is 4.19. The van der Waals surface area contributed by atoms with Gasteiger partial charge in [0.25, 0.3) is 0 Å². The summed E-state index contributed by atoms with van der Waals surface area (Å²) in [5.74, 6) is -0.0721. The topological polar surface area (TPSA) is 61.2 Å². The van der Waals surface area contributed by atoms with Crippen molar-refractivity contribution in [2.24, 2.45) is 5.41 Å². The van der Waals surface area contributed by atoms with E-state index in [9.17, 15) is 14.9 Å². The zero-order valence-electron chi connectivity index (χ0n) is 18.7. The number of hydrogen-bond acceptors (Lipinski definition) is 4. The second-order valence-electron chi connectivity index (χ2n) is 10.1. The first-order chi connectivity index (χ1) is 15.4. The van der Waals surface area contributed by atoms with Crippen molar-refractivity contribution in [2.75, 3.05) is 4.90 Å². The molecule has 1 aliphatic heterocycles. The maximum atomic E-state index is 13.7. The lowest BCUT2D eigenvalue weighted by molar-refractivity contribution is -0.120. The van der Waals surface area contributed by atoms with Gasteiger partial charge in [-0.05, 0) is 48.6 Å². The van der Waals surface area contributed by atoms with E-state index in [2.05, 4.69) is 19.9 Å². The number of fused-ring (bicyclic) bond motifs is 1. The van der Waals surface area contributed by atoms with Crippen molar-refractivity contribution in [1.29, 1.82) is 5.26 Å². The Morgan fingerprint density at radius 3 is 2.56 bits per heavy atom. The smallest absolute Gasteiger partial charge is 0.232 e. The van der Waals surface area contributed by atoms with E-state index >= 15 is 0 Å². The van der Waals surface area contributed by atoms with Gasteiger partial charge >= 0.3 is 0 Å². The molecule has 0 N–H and O–H groups in total. The molecule has 2 heterocycles. The number of aryl methyl sites for hydroxylation is 1. The first kappa shape index (κ1) is 21.2. The zero-order chi connectivity index (χ0) is 22.5. The average molecular weight is 445 g/mol. The first-order valence-electron chi connectivity index (χ1n) is 11.6. The normalized spacial score (nSPS) is 22.8. The summed E-state index contributed by atoms with van der Waals surface area (Å²) in [5, 5.41) is 10.8. The van der Waals surface area contributed by atoms with Crippen molar-refractivity contribution in [3.05, 3.63) is 63.2 Å². The van der Waals surface area contributed by atoms with Crippen LogP contribution >= 0.6 is 11.3 Å². The second kappa shape index (κ2) is 8.01. The minimum Gasteiger partial charge on any atom is -0.294 e. The molecule has 1 amide bonds. The number of amides is 1. The van der Waals surface area contributed by atoms with E-state index in [1.807, 2.05) is 30.3 Å². The lowest BCUT2D eigenvalue weighted by Gasteiger charge is -2.42. The van der Waals surface area contributed by atoms with Crippen LogP contribution in [0.2, 0.25) is 0 Å². The molecule has 0 bridgehead atoms. The van der Waals surface area contributed by atoms with E-state index in [1.165, 1.54) is 11.3 Å². The number of allylic oxidation sites excluding steroid dienone is 2. The van der Waals surface area contributed by atoms with Crippen molar-refractivity contribution >= 4 is 28.0 Å². The number of thiophene rings is 1. The summed E-state index contributed by atoms with van der Waals surface area (Å²) in [6, 6.07) is 12.3. The summed E-state index contributed by atoms with van der Waals surface area (Å²) < 4.78 is 0. The highest BCUT2D eigenvalue weighted by atomic mass is 32.1. The van der Waals surface area contributed by atoms with Gasteiger partial charge in [0.1, 0.15) is 11.1 Å². The van der Waals surface area contributed by atoms with Crippen molar-refractivity contribution in [3.8, 4) is 6.07 Å². The van der Waals surface area contributed by atoms with Crippen molar-refractivity contribution in [1.82, 2.24) is 0 Å². The molecule has 2 aliphatic carbocycles. The highest BCUT2D eigenvalue weighted by Gasteiger charge is 2.45. The highest BCUT2D eigenvalue weighted by molar-refractivity contribution is 7.16. The van der Waals surface area contributed by atoms with E-state index < -0.39 is 0 Å². The van der Waals surface area contributed by atoms with Gasteiger partial charge in [0.05, 0.1) is 5.56 Å². The van der Waals surface area contributed by atoms with Gasteiger partial charge in [-0.1, -0.05) is 50.6 Å². The van der Waals surface area contributed by atoms with Crippen LogP contribution in [-0.2, 0) is 22.4 Å². The van der Waals surface area contributed by atoms with Crippen molar-refractivity contribution in [3.63, 3.8) is 0 Å². The Morgan fingerprint density at radius 1 is 1.06 bits per heavy atom. The maximum Gasteiger partial charge on any atom is 0.232 e. The van der Waals surface area contributed by atoms with Crippen LogP contribution in [0.5, 0.6) is 0 Å². The van der Waals surface area contributed by atoms with E-state index in [1.54, 1.807) is 16.2 Å². The van der Waals surface area contributed by atoms with E-state index in [4.69, 9.17) is 0 Å². The Kier molecular flexibility index (Phi) is 5.29. The summed E-state index contributed by atoms with van der Waals surface area (Å²) in [7, 11) is 0. The Bertz CT molecular complexity index is 1170. The minimum absolute atomic E-state index is 0.00369. The average Bonchev–Trinajstić information content (AvgIpc) is 2.92. The summed E-state index contributed by atoms with van der Waals surface area (Å²) in [4.78, 5) is 30.1. The Balaban J connectivity index is 1.70. The third-order valence-electron chi connectivity index (χ3n) is 7.06. The molecule has 4 nitrogen and oxygen atoms in total. The zero-order valence-corrected chi connectivity index (χ0v) is 19.6. The van der Waals surface area contributed by atoms with Crippen molar-refractivity contribution in [2.45, 2.75) is 71.1 Å². The van der Waals surface area contributed by atoms with Gasteiger partial charge in [0.15, 0.2) is 5.78 Å². The van der Waals surface area contributed by atoms with Crippen LogP contribution in [0, 0.1) is 16.7 Å². The number of carbonyl (C=O) groups excluding carboxylic acids is 2. The molecule has 0 saturated heterocycles. The summed E-state index contributed by atoms with van der Waals surface area (Å²) >= 11 is 1.60. The van der Waals surface area contributed by atoms with Gasteiger partial charge in [0, 0.05) is 34.9 Å². The Hall–Kier alpha value is -2.71. The quantitative estimate of drug-likeness (QED) is 0.530. The first-order valence-corrected chi connectivity index (χ1v) is 12.4. The number of Topliss-reactive ketones (excluding diaryl/α,β-unsaturated/α-hetero) is 1. The van der Waals surface area contributed by atoms with Crippen LogP contribution in [-0.4, -0.2) is 11.7 Å². The molecule has 5 rings (SSSR count). The van der Waals surface area contributed by atoms with Crippen LogP contribution < -0.4 is 4.90 Å². The minimum atomic E-state index is -0.214. The number of nitriles is 1. The van der Waals surface area contributed by atoms with Gasteiger partial charge < -0.3 is 0 Å². The highest BCUT2D eigenvalue weighted by Crippen LogP contribution is 2.50. The van der Waals surface area contributed by atoms with Crippen LogP contribution in [0.15, 0.2) is 41.6 Å². The number of benzene rings is 1. The standard InChI is InChI=1S/C27H28N2O2S/c1-27(2)14-21-25(22(30)15-27)19(17-9-5-3-6-10-17)13-24(31)29(21)26-20(16-28)18-11-7-4-8-12-23(18)32-26/h3,5-6,9-10,19H,4,7-8,11-15H2,1-2H3. The fourth-order valence-electron chi connectivity index (χ4n) is 5.62. The molecule has 3 aliphatic rings. The molecule has 1 atom stereocenters. The maximum absolute atomic E-state index is 13.7. The molecule has 164 valence electrons. The third kappa shape index (κ3) is 3.51. The fraction of sp³-hybridized carbons (Fsp3) is 0.444. The number of nitrogens with zero attached hydrogens (tertiary/aromatic N) is 2. The molecule has 0 saturated carbocycles. The number of anilines is 1. The molecule has 2 aromatic rings. The van der Waals surface area contributed by atoms with Gasteiger partial charge in [-0.15, -0.1) is 11.3 Å². The molecule has 0 fully saturated rings. The van der Waals surface area contributed by atoms with Crippen LogP contribution in [0.3, 0.4) is 0 Å². The lowest BCUT2D eigenvalue weighted by atomic mass is 9.69. The predicted molar refractivity (Wildman–Crippen MR) is 127 cm³/mol. The molecule has 0 spiro atoms. The third-order valence-corrected chi connectivity index (χ3v) is 8.34. The summed E-state index contributed by atoms with van der Waals surface area (Å²) in [6.45, 7) is 4.19. The largest absolute Gasteiger partial charge is 0.294 e. The molecule has 32 heavy (non-hydrogen) atoms. The molecule has 1 aromatic heterocycles. The molecule has 5 heteroatoms. The SMILES string of the molecule is CC1(C)CC(=O)C2=C(C1)N(c1sc3c(c1C#N)CCCCC3)C(=O)CC2c1ccccc1. The number of carbonyl (C=O) groups is 2. The van der Waals surface area contributed by atoms with Crippen LogP contribution in [0.1, 0.15) is 79.9 Å². The molecule has 0 radical (unpaired) electrons. The second-order valence-corrected chi connectivity index (χ2v) is 11.1. The van der Waals surface area contributed by atoms with Crippen LogP contribution in [0.4, 0.5) is 5.00 Å². The van der Waals surface area contributed by atoms with Gasteiger partial charge in [-0.3, -0.25) is 14.5 Å². The fourth-order valence-corrected chi connectivity index (χ4v) is 7.00.